The predicted octanol–water partition coefficient (Wildman–Crippen LogP) is 0.135. The second-order valence-corrected chi connectivity index (χ2v) is 3.76. The van der Waals surface area contributed by atoms with Gasteiger partial charge in [-0.05, 0) is 6.42 Å². The summed E-state index contributed by atoms with van der Waals surface area (Å²) in [6.45, 7) is 0.953. The molecule has 6 nitrogen and oxygen atoms in total. The fourth-order valence-corrected chi connectivity index (χ4v) is 1.90. The van der Waals surface area contributed by atoms with Gasteiger partial charge in [0.25, 0.3) is 0 Å². The van der Waals surface area contributed by atoms with E-state index in [2.05, 4.69) is 4.98 Å². The number of hydrogen-bond donors (Lipinski definition) is 2. The average Bonchev–Trinajstić information content (AvgIpc) is 2.71. The number of carbonyl (C=O) groups is 1. The van der Waals surface area contributed by atoms with Crippen molar-refractivity contribution < 1.29 is 9.90 Å². The van der Waals surface area contributed by atoms with Gasteiger partial charge in [0.1, 0.15) is 0 Å². The van der Waals surface area contributed by atoms with E-state index in [4.69, 9.17) is 10.8 Å². The van der Waals surface area contributed by atoms with Crippen LogP contribution < -0.4 is 5.73 Å². The summed E-state index contributed by atoms with van der Waals surface area (Å²) in [5, 5.41) is 8.90. The third kappa shape index (κ3) is 1.94. The summed E-state index contributed by atoms with van der Waals surface area (Å²) in [5.74, 6) is 0. The quantitative estimate of drug-likeness (QED) is 0.690. The number of rotatable bonds is 1. The molecule has 1 fully saturated rings. The molecule has 0 bridgehead atoms. The van der Waals surface area contributed by atoms with Crippen molar-refractivity contribution in [1.82, 2.24) is 14.5 Å². The zero-order chi connectivity index (χ0) is 10.8. The first kappa shape index (κ1) is 9.97. The van der Waals surface area contributed by atoms with Crippen LogP contribution in [0, 0.1) is 0 Å². The van der Waals surface area contributed by atoms with E-state index in [-0.39, 0.29) is 12.1 Å². The van der Waals surface area contributed by atoms with Crippen LogP contribution in [0.15, 0.2) is 18.7 Å². The molecule has 0 radical (unpaired) electrons. The second-order valence-electron chi connectivity index (χ2n) is 3.76. The monoisotopic (exact) mass is 210 g/mol. The predicted molar refractivity (Wildman–Crippen MR) is 53.5 cm³/mol. The van der Waals surface area contributed by atoms with Gasteiger partial charge in [-0.3, -0.25) is 0 Å². The molecular weight excluding hydrogens is 196 g/mol. The zero-order valence-corrected chi connectivity index (χ0v) is 8.28. The normalized spacial score (nSPS) is 26.6. The van der Waals surface area contributed by atoms with E-state index in [0.717, 1.165) is 0 Å². The van der Waals surface area contributed by atoms with Crippen molar-refractivity contribution in [2.24, 2.45) is 5.73 Å². The van der Waals surface area contributed by atoms with Gasteiger partial charge in [-0.2, -0.15) is 0 Å². The maximum Gasteiger partial charge on any atom is 0.407 e. The number of carboxylic acid groups (broad SMARTS) is 1. The van der Waals surface area contributed by atoms with Gasteiger partial charge >= 0.3 is 6.09 Å². The third-order valence-corrected chi connectivity index (χ3v) is 2.81. The highest BCUT2D eigenvalue weighted by Gasteiger charge is 2.29. The van der Waals surface area contributed by atoms with Gasteiger partial charge in [0.05, 0.1) is 12.4 Å². The summed E-state index contributed by atoms with van der Waals surface area (Å²) in [5.41, 5.74) is 5.96. The van der Waals surface area contributed by atoms with Crippen molar-refractivity contribution in [2.75, 3.05) is 13.1 Å². The van der Waals surface area contributed by atoms with Gasteiger partial charge in [-0.1, -0.05) is 0 Å². The summed E-state index contributed by atoms with van der Waals surface area (Å²) in [4.78, 5) is 16.2. The molecule has 2 rings (SSSR count). The van der Waals surface area contributed by atoms with Gasteiger partial charge in [-0.25, -0.2) is 9.78 Å². The van der Waals surface area contributed by atoms with Crippen LogP contribution in [0.25, 0.3) is 0 Å². The number of amides is 1. The van der Waals surface area contributed by atoms with Crippen molar-refractivity contribution >= 4 is 6.09 Å². The zero-order valence-electron chi connectivity index (χ0n) is 8.28. The Hall–Kier alpha value is -1.56. The first-order valence-electron chi connectivity index (χ1n) is 4.89. The lowest BCUT2D eigenvalue weighted by atomic mass is 10.0. The molecule has 0 aliphatic carbocycles. The molecule has 82 valence electrons. The molecule has 6 heteroatoms. The Kier molecular flexibility index (Phi) is 2.59. The molecule has 3 N–H and O–H groups in total. The van der Waals surface area contributed by atoms with Crippen LogP contribution in [0.4, 0.5) is 4.79 Å². The summed E-state index contributed by atoms with van der Waals surface area (Å²) in [7, 11) is 0. The summed E-state index contributed by atoms with van der Waals surface area (Å²) in [6, 6.07) is -0.00727. The average molecular weight is 210 g/mol. The maximum absolute atomic E-state index is 10.8. The molecule has 15 heavy (non-hydrogen) atoms. The fraction of sp³-hybridized carbons (Fsp3) is 0.556. The molecule has 1 aromatic rings. The summed E-state index contributed by atoms with van der Waals surface area (Å²) < 4.78 is 1.87. The number of nitrogens with two attached hydrogens (primary N) is 1. The molecule has 1 aromatic heterocycles. The lowest BCUT2D eigenvalue weighted by molar-refractivity contribution is 0.115. The summed E-state index contributed by atoms with van der Waals surface area (Å²) in [6.07, 6.45) is 4.97. The van der Waals surface area contributed by atoms with Crippen LogP contribution in [0.1, 0.15) is 12.5 Å². The van der Waals surface area contributed by atoms with Crippen molar-refractivity contribution in [3.8, 4) is 0 Å². The number of nitrogens with zero attached hydrogens (tertiary/aromatic N) is 3. The van der Waals surface area contributed by atoms with Crippen LogP contribution in [-0.4, -0.2) is 44.8 Å². The van der Waals surface area contributed by atoms with Crippen molar-refractivity contribution in [3.63, 3.8) is 0 Å². The lowest BCUT2D eigenvalue weighted by Crippen LogP contribution is -2.49. The highest BCUT2D eigenvalue weighted by Crippen LogP contribution is 2.20. The molecule has 1 aliphatic rings. The molecule has 1 aliphatic heterocycles. The number of piperidine rings is 1. The Bertz CT molecular complexity index is 338. The van der Waals surface area contributed by atoms with Gasteiger partial charge in [0, 0.05) is 31.5 Å². The number of hydrogen-bond acceptors (Lipinski definition) is 3. The third-order valence-electron chi connectivity index (χ3n) is 2.81. The largest absolute Gasteiger partial charge is 0.465 e. The highest BCUT2D eigenvalue weighted by molar-refractivity contribution is 5.65. The van der Waals surface area contributed by atoms with Gasteiger partial charge < -0.3 is 20.3 Å². The standard InChI is InChI=1S/C9H14N4O2/c10-7-1-3-12(9(14)15)5-8(7)13-4-2-11-6-13/h2,4,6-8H,1,3,5,10H2,(H,14,15). The minimum absolute atomic E-state index is 0.00245. The number of aromatic nitrogens is 2. The van der Waals surface area contributed by atoms with Crippen LogP contribution in [0.2, 0.25) is 0 Å². The van der Waals surface area contributed by atoms with E-state index in [1.807, 2.05) is 10.8 Å². The van der Waals surface area contributed by atoms with Crippen molar-refractivity contribution in [1.29, 1.82) is 0 Å². The maximum atomic E-state index is 10.8. The molecule has 0 spiro atoms. The van der Waals surface area contributed by atoms with E-state index in [1.54, 1.807) is 12.5 Å². The lowest BCUT2D eigenvalue weighted by Gasteiger charge is -2.35. The van der Waals surface area contributed by atoms with E-state index in [1.165, 1.54) is 4.90 Å². The smallest absolute Gasteiger partial charge is 0.407 e. The number of likely N-dealkylation sites (tertiary alicyclic amines) is 1. The van der Waals surface area contributed by atoms with E-state index >= 15 is 0 Å². The van der Waals surface area contributed by atoms with Crippen molar-refractivity contribution in [3.05, 3.63) is 18.7 Å². The van der Waals surface area contributed by atoms with Gasteiger partial charge in [0.15, 0.2) is 0 Å². The van der Waals surface area contributed by atoms with Gasteiger partial charge in [0.2, 0.25) is 0 Å². The number of imidazole rings is 1. The van der Waals surface area contributed by atoms with E-state index in [9.17, 15) is 4.79 Å². The molecule has 2 atom stereocenters. The Morgan fingerprint density at radius 2 is 2.40 bits per heavy atom. The van der Waals surface area contributed by atoms with Crippen LogP contribution in [-0.2, 0) is 0 Å². The molecule has 2 unspecified atom stereocenters. The summed E-state index contributed by atoms with van der Waals surface area (Å²) >= 11 is 0. The molecule has 2 heterocycles. The minimum Gasteiger partial charge on any atom is -0.465 e. The molecule has 0 aromatic carbocycles. The molecular formula is C9H14N4O2. The van der Waals surface area contributed by atoms with E-state index in [0.29, 0.717) is 19.5 Å². The topological polar surface area (TPSA) is 84.4 Å². The minimum atomic E-state index is -0.882. The SMILES string of the molecule is NC1CCN(C(=O)O)CC1n1ccnc1. The second kappa shape index (κ2) is 3.90. The molecule has 1 saturated heterocycles. The highest BCUT2D eigenvalue weighted by atomic mass is 16.4. The van der Waals surface area contributed by atoms with Crippen molar-refractivity contribution in [2.45, 2.75) is 18.5 Å². The Balaban J connectivity index is 2.12. The first-order valence-corrected chi connectivity index (χ1v) is 4.89. The Labute approximate surface area is 87.3 Å². The first-order chi connectivity index (χ1) is 7.18. The van der Waals surface area contributed by atoms with Gasteiger partial charge in [-0.15, -0.1) is 0 Å². The Morgan fingerprint density at radius 3 is 3.00 bits per heavy atom. The Morgan fingerprint density at radius 1 is 1.60 bits per heavy atom. The van der Waals surface area contributed by atoms with Crippen LogP contribution in [0.5, 0.6) is 0 Å². The van der Waals surface area contributed by atoms with Crippen LogP contribution >= 0.6 is 0 Å². The van der Waals surface area contributed by atoms with E-state index < -0.39 is 6.09 Å². The molecule has 0 saturated carbocycles. The fourth-order valence-electron chi connectivity index (χ4n) is 1.90. The van der Waals surface area contributed by atoms with Crippen LogP contribution in [0.3, 0.4) is 0 Å². The molecule has 1 amide bonds.